The van der Waals surface area contributed by atoms with Crippen molar-refractivity contribution < 1.29 is 0 Å². The van der Waals surface area contributed by atoms with Gasteiger partial charge in [0.25, 0.3) is 0 Å². The van der Waals surface area contributed by atoms with Crippen LogP contribution in [0.2, 0.25) is 0 Å². The SMILES string of the molecule is C1=CCCC(c2cc(-c3ccccc3)cc3c2c2c(-c4ccccc4)cc(-c4ccccc4)cc2n3-c2c(-c3ccccc3)cc(C3=CC(c4ccccc4)=NC(c4ccccc4)N3)cc2-c2ccccc2)=C1. The minimum atomic E-state index is -0.291. The van der Waals surface area contributed by atoms with Crippen LogP contribution >= 0.6 is 0 Å². The van der Waals surface area contributed by atoms with Crippen molar-refractivity contribution in [2.45, 2.75) is 19.0 Å². The third-order valence-corrected chi connectivity index (χ3v) is 14.5. The Morgan fingerprint density at radius 3 is 1.32 bits per heavy atom. The molecule has 13 rings (SSSR count). The number of benzene rings is 10. The summed E-state index contributed by atoms with van der Waals surface area (Å²) in [5.41, 5.74) is 22.8. The molecule has 10 aromatic carbocycles. The van der Waals surface area contributed by atoms with Gasteiger partial charge in [-0.15, -0.1) is 0 Å². The number of nitrogens with zero attached hydrogens (tertiary/aromatic N) is 2. The summed E-state index contributed by atoms with van der Waals surface area (Å²) in [6.07, 6.45) is 10.8. The first-order valence-electron chi connectivity index (χ1n) is 25.4. The van der Waals surface area contributed by atoms with Gasteiger partial charge >= 0.3 is 0 Å². The van der Waals surface area contributed by atoms with Crippen LogP contribution in [0, 0.1) is 0 Å². The standard InChI is InChI=1S/C70H51N3/c1-9-25-48(26-10-1)56-41-59(50-29-13-3-14-30-50)67-65(45-56)73(66-46-57(49-27-11-2-12-28-49)42-60(68(66)67)51-31-15-4-16-32-51)69-61(52-33-17-5-18-34-52)43-58(44-62(69)53-35-19-6-20-36-53)64-47-63(54-37-21-7-22-38-54)71-70(72-64)55-39-23-8-24-40-55/h1-15,17-31,33-47,70,72H,16,32H2. The molecule has 0 radical (unpaired) electrons. The van der Waals surface area contributed by atoms with Gasteiger partial charge in [0.1, 0.15) is 6.17 Å². The van der Waals surface area contributed by atoms with Crippen LogP contribution in [0.3, 0.4) is 0 Å². The van der Waals surface area contributed by atoms with E-state index in [9.17, 15) is 0 Å². The summed E-state index contributed by atoms with van der Waals surface area (Å²) in [5, 5.41) is 6.42. The molecule has 0 bridgehead atoms. The lowest BCUT2D eigenvalue weighted by Gasteiger charge is -2.27. The van der Waals surface area contributed by atoms with Gasteiger partial charge < -0.3 is 9.88 Å². The molecule has 73 heavy (non-hydrogen) atoms. The molecule has 2 aliphatic rings. The summed E-state index contributed by atoms with van der Waals surface area (Å²) in [4.78, 5) is 5.35. The molecule has 2 heterocycles. The number of fused-ring (bicyclic) bond motifs is 3. The van der Waals surface area contributed by atoms with E-state index >= 15 is 0 Å². The van der Waals surface area contributed by atoms with Gasteiger partial charge in [0.05, 0.1) is 22.4 Å². The van der Waals surface area contributed by atoms with Crippen LogP contribution in [0.1, 0.15) is 41.3 Å². The minimum absolute atomic E-state index is 0.291. The zero-order chi connectivity index (χ0) is 48.5. The Morgan fingerprint density at radius 1 is 0.397 bits per heavy atom. The van der Waals surface area contributed by atoms with E-state index in [1.807, 2.05) is 0 Å². The van der Waals surface area contributed by atoms with Crippen molar-refractivity contribution in [2.24, 2.45) is 4.99 Å². The molecule has 1 N–H and O–H groups in total. The molecule has 1 aromatic heterocycles. The smallest absolute Gasteiger partial charge is 0.145 e. The summed E-state index contributed by atoms with van der Waals surface area (Å²) in [7, 11) is 0. The molecule has 3 heteroatoms. The van der Waals surface area contributed by atoms with E-state index in [2.05, 4.69) is 283 Å². The highest BCUT2D eigenvalue weighted by Crippen LogP contribution is 2.50. The number of rotatable bonds is 10. The molecule has 0 amide bonds. The van der Waals surface area contributed by atoms with E-state index < -0.39 is 0 Å². The fourth-order valence-electron chi connectivity index (χ4n) is 11.0. The Balaban J connectivity index is 1.20. The van der Waals surface area contributed by atoms with Crippen LogP contribution in [0.5, 0.6) is 0 Å². The highest BCUT2D eigenvalue weighted by atomic mass is 15.1. The summed E-state index contributed by atoms with van der Waals surface area (Å²) in [6.45, 7) is 0. The third-order valence-electron chi connectivity index (χ3n) is 14.5. The van der Waals surface area contributed by atoms with Gasteiger partial charge in [0, 0.05) is 27.6 Å². The van der Waals surface area contributed by atoms with Crippen molar-refractivity contribution in [3.63, 3.8) is 0 Å². The van der Waals surface area contributed by atoms with Gasteiger partial charge in [-0.3, -0.25) is 4.99 Å². The van der Waals surface area contributed by atoms with Gasteiger partial charge in [-0.05, 0) is 128 Å². The summed E-state index contributed by atoms with van der Waals surface area (Å²) < 4.78 is 2.62. The second-order valence-electron chi connectivity index (χ2n) is 19.0. The van der Waals surface area contributed by atoms with Crippen LogP contribution < -0.4 is 5.32 Å². The summed E-state index contributed by atoms with van der Waals surface area (Å²) in [5.74, 6) is 0. The Bertz CT molecular complexity index is 3870. The number of nitrogens with one attached hydrogen (secondary N) is 1. The highest BCUT2D eigenvalue weighted by Gasteiger charge is 2.28. The van der Waals surface area contributed by atoms with E-state index in [0.717, 1.165) is 85.5 Å². The normalized spacial score (nSPS) is 14.4. The number of aliphatic imine (C=N–C) groups is 1. The molecule has 0 spiro atoms. The average Bonchev–Trinajstić information content (AvgIpc) is 3.81. The first-order chi connectivity index (χ1) is 36.2. The lowest BCUT2D eigenvalue weighted by atomic mass is 9.88. The van der Waals surface area contributed by atoms with Gasteiger partial charge in [-0.1, -0.05) is 231 Å². The third kappa shape index (κ3) is 8.31. The molecule has 1 aliphatic heterocycles. The Kier molecular flexibility index (Phi) is 11.4. The maximum Gasteiger partial charge on any atom is 0.145 e. The predicted molar refractivity (Wildman–Crippen MR) is 308 cm³/mol. The summed E-state index contributed by atoms with van der Waals surface area (Å²) >= 11 is 0. The monoisotopic (exact) mass is 933 g/mol. The number of hydrogen-bond acceptors (Lipinski definition) is 2. The van der Waals surface area contributed by atoms with Crippen LogP contribution in [0.15, 0.2) is 278 Å². The predicted octanol–water partition coefficient (Wildman–Crippen LogP) is 18.0. The van der Waals surface area contributed by atoms with Crippen LogP contribution in [-0.4, -0.2) is 10.3 Å². The Morgan fingerprint density at radius 2 is 0.822 bits per heavy atom. The first kappa shape index (κ1) is 43.7. The molecule has 1 aliphatic carbocycles. The van der Waals surface area contributed by atoms with E-state index in [1.165, 1.54) is 49.7 Å². The van der Waals surface area contributed by atoms with Crippen molar-refractivity contribution >= 4 is 38.8 Å². The zero-order valence-corrected chi connectivity index (χ0v) is 40.4. The number of allylic oxidation sites excluding steroid dienone is 5. The molecule has 0 fully saturated rings. The van der Waals surface area contributed by atoms with E-state index in [-0.39, 0.29) is 6.17 Å². The highest BCUT2D eigenvalue weighted by molar-refractivity contribution is 6.22. The van der Waals surface area contributed by atoms with Gasteiger partial charge in [-0.2, -0.15) is 0 Å². The molecular formula is C70H51N3. The quantitative estimate of drug-likeness (QED) is 0.145. The summed E-state index contributed by atoms with van der Waals surface area (Å²) in [6, 6.07) is 90.5. The van der Waals surface area contributed by atoms with Crippen LogP contribution in [0.4, 0.5) is 0 Å². The fraction of sp³-hybridized carbons (Fsp3) is 0.0429. The van der Waals surface area contributed by atoms with Crippen molar-refractivity contribution in [2.75, 3.05) is 0 Å². The van der Waals surface area contributed by atoms with Crippen molar-refractivity contribution in [3.8, 4) is 61.3 Å². The second-order valence-corrected chi connectivity index (χ2v) is 19.0. The maximum atomic E-state index is 5.35. The Labute approximate surface area is 427 Å². The fourth-order valence-corrected chi connectivity index (χ4v) is 11.0. The number of hydrogen-bond donors (Lipinski definition) is 1. The molecule has 11 aromatic rings. The largest absolute Gasteiger partial charge is 0.360 e. The lowest BCUT2D eigenvalue weighted by Crippen LogP contribution is -2.25. The molecule has 0 saturated carbocycles. The van der Waals surface area contributed by atoms with Gasteiger partial charge in [-0.25, -0.2) is 0 Å². The maximum absolute atomic E-state index is 5.35. The minimum Gasteiger partial charge on any atom is -0.360 e. The van der Waals surface area contributed by atoms with Crippen molar-refractivity contribution in [1.29, 1.82) is 0 Å². The van der Waals surface area contributed by atoms with E-state index in [0.29, 0.717) is 0 Å². The molecule has 3 nitrogen and oxygen atoms in total. The number of aromatic nitrogens is 1. The molecular weight excluding hydrogens is 883 g/mol. The van der Waals surface area contributed by atoms with E-state index in [4.69, 9.17) is 4.99 Å². The van der Waals surface area contributed by atoms with Gasteiger partial charge in [0.2, 0.25) is 0 Å². The van der Waals surface area contributed by atoms with Crippen molar-refractivity contribution in [3.05, 3.63) is 295 Å². The Hall–Kier alpha value is -9.31. The molecule has 0 saturated heterocycles. The van der Waals surface area contributed by atoms with E-state index in [1.54, 1.807) is 0 Å². The van der Waals surface area contributed by atoms with Gasteiger partial charge in [0.15, 0.2) is 0 Å². The second kappa shape index (κ2) is 19.1. The molecule has 346 valence electrons. The average molecular weight is 934 g/mol. The molecule has 1 unspecified atom stereocenters. The lowest BCUT2D eigenvalue weighted by molar-refractivity contribution is 0.664. The van der Waals surface area contributed by atoms with Crippen molar-refractivity contribution in [1.82, 2.24) is 9.88 Å². The van der Waals surface area contributed by atoms with Crippen LogP contribution in [0.25, 0.3) is 94.4 Å². The zero-order valence-electron chi connectivity index (χ0n) is 40.4. The first-order valence-corrected chi connectivity index (χ1v) is 25.4. The molecule has 1 atom stereocenters. The van der Waals surface area contributed by atoms with Crippen LogP contribution in [-0.2, 0) is 0 Å². The topological polar surface area (TPSA) is 29.3 Å².